The molecule has 37 heavy (non-hydrogen) atoms. The van der Waals surface area contributed by atoms with Gasteiger partial charge in [-0.1, -0.05) is 11.6 Å². The molecular weight excluding hydrogens is 583 g/mol. The molecule has 2 rings (SSSR count). The van der Waals surface area contributed by atoms with Crippen LogP contribution in [0.25, 0.3) is 0 Å². The van der Waals surface area contributed by atoms with Crippen LogP contribution in [0.5, 0.6) is 0 Å². The molecule has 204 valence electrons. The molecule has 0 heterocycles. The van der Waals surface area contributed by atoms with Crippen LogP contribution < -0.4 is 4.31 Å². The van der Waals surface area contributed by atoms with Gasteiger partial charge in [0.25, 0.3) is 5.69 Å². The van der Waals surface area contributed by atoms with Gasteiger partial charge < -0.3 is 0 Å². The van der Waals surface area contributed by atoms with E-state index in [1.54, 1.807) is 0 Å². The number of anilines is 2. The third-order valence-corrected chi connectivity index (χ3v) is 8.17. The normalized spacial score (nSPS) is 12.5. The van der Waals surface area contributed by atoms with Crippen molar-refractivity contribution in [3.8, 4) is 0 Å². The zero-order valence-corrected chi connectivity index (χ0v) is 21.0. The Bertz CT molecular complexity index is 1240. The molecule has 0 bridgehead atoms. The highest BCUT2D eigenvalue weighted by Gasteiger charge is 2.45. The van der Waals surface area contributed by atoms with Crippen molar-refractivity contribution in [1.29, 1.82) is 0 Å². The standard InChI is InChI=1S/C18H15ClF6N3O7PS/c1-3-34-36(33,35-4-2)37-26(14-7-10(17(20,21)22)5-6-13(14)19)16-12(18(23,24)25)8-11(27(29)30)9-15(16)28(31)32/h5-9H,3-4H2,1-2H3. The largest absolute Gasteiger partial charge is 0.418 e. The molecule has 0 aliphatic rings. The summed E-state index contributed by atoms with van der Waals surface area (Å²) in [6.07, 6.45) is -10.5. The minimum absolute atomic E-state index is 0.0519. The monoisotopic (exact) mass is 597 g/mol. The van der Waals surface area contributed by atoms with E-state index in [4.69, 9.17) is 20.6 Å². The van der Waals surface area contributed by atoms with Gasteiger partial charge in [0, 0.05) is 6.07 Å². The molecule has 2 aromatic carbocycles. The number of nitro benzene ring substituents is 2. The van der Waals surface area contributed by atoms with Gasteiger partial charge in [-0.15, -0.1) is 0 Å². The van der Waals surface area contributed by atoms with Gasteiger partial charge in [0.1, 0.15) is 5.69 Å². The van der Waals surface area contributed by atoms with Gasteiger partial charge in [-0.05, 0) is 32.0 Å². The predicted molar refractivity (Wildman–Crippen MR) is 122 cm³/mol. The van der Waals surface area contributed by atoms with Crippen LogP contribution in [0.15, 0.2) is 30.3 Å². The second kappa shape index (κ2) is 11.4. The van der Waals surface area contributed by atoms with E-state index in [0.29, 0.717) is 12.1 Å². The maximum Gasteiger partial charge on any atom is 0.418 e. The summed E-state index contributed by atoms with van der Waals surface area (Å²) in [5.74, 6) is 0. The molecule has 0 amide bonds. The molecule has 0 saturated carbocycles. The number of rotatable bonds is 10. The number of nitrogens with zero attached hydrogens (tertiary/aromatic N) is 3. The van der Waals surface area contributed by atoms with Gasteiger partial charge in [0.15, 0.2) is 0 Å². The van der Waals surface area contributed by atoms with E-state index < -0.39 is 67.9 Å². The minimum atomic E-state index is -5.51. The summed E-state index contributed by atoms with van der Waals surface area (Å²) in [4.78, 5) is 20.2. The quantitative estimate of drug-likeness (QED) is 0.0876. The summed E-state index contributed by atoms with van der Waals surface area (Å²) in [5, 5.41) is 22.3. The summed E-state index contributed by atoms with van der Waals surface area (Å²) < 4.78 is 106. The van der Waals surface area contributed by atoms with Crippen LogP contribution >= 0.6 is 30.0 Å². The Balaban J connectivity index is 3.08. The Morgan fingerprint density at radius 3 is 1.97 bits per heavy atom. The Hall–Kier alpha value is -2.59. The highest BCUT2D eigenvalue weighted by atomic mass is 35.5. The van der Waals surface area contributed by atoms with Crippen molar-refractivity contribution < 1.29 is 49.8 Å². The highest BCUT2D eigenvalue weighted by Crippen LogP contribution is 2.66. The second-order valence-electron chi connectivity index (χ2n) is 6.70. The lowest BCUT2D eigenvalue weighted by Crippen LogP contribution is -2.19. The Morgan fingerprint density at radius 1 is 0.973 bits per heavy atom. The first-order valence-corrected chi connectivity index (χ1v) is 13.0. The molecule has 0 fully saturated rings. The Morgan fingerprint density at radius 2 is 1.54 bits per heavy atom. The van der Waals surface area contributed by atoms with Crippen LogP contribution in [-0.2, 0) is 26.0 Å². The van der Waals surface area contributed by atoms with Crippen LogP contribution in [0.3, 0.4) is 0 Å². The van der Waals surface area contributed by atoms with E-state index in [1.807, 2.05) is 0 Å². The van der Waals surface area contributed by atoms with Gasteiger partial charge in [-0.2, -0.15) is 26.3 Å². The van der Waals surface area contributed by atoms with Crippen LogP contribution in [0.2, 0.25) is 5.02 Å². The van der Waals surface area contributed by atoms with Crippen LogP contribution in [0.1, 0.15) is 25.0 Å². The number of hydrogen-bond donors (Lipinski definition) is 0. The molecule has 0 unspecified atom stereocenters. The summed E-state index contributed by atoms with van der Waals surface area (Å²) in [7, 11) is 0. The molecule has 0 spiro atoms. The average Bonchev–Trinajstić information content (AvgIpc) is 2.76. The summed E-state index contributed by atoms with van der Waals surface area (Å²) in [6.45, 7) is -2.60. The van der Waals surface area contributed by atoms with Crippen molar-refractivity contribution in [1.82, 2.24) is 0 Å². The number of nitro groups is 2. The lowest BCUT2D eigenvalue weighted by molar-refractivity contribution is -0.394. The molecule has 0 aliphatic carbocycles. The number of benzene rings is 2. The van der Waals surface area contributed by atoms with E-state index in [1.165, 1.54) is 13.8 Å². The number of alkyl halides is 6. The van der Waals surface area contributed by atoms with Crippen molar-refractivity contribution >= 4 is 52.7 Å². The number of non-ortho nitro benzene ring substituents is 1. The van der Waals surface area contributed by atoms with Crippen molar-refractivity contribution in [3.63, 3.8) is 0 Å². The van der Waals surface area contributed by atoms with Gasteiger partial charge in [0.05, 0.1) is 62.5 Å². The summed E-state index contributed by atoms with van der Waals surface area (Å²) >= 11 is 5.78. The predicted octanol–water partition coefficient (Wildman–Crippen LogP) is 8.16. The maximum atomic E-state index is 14.1. The lowest BCUT2D eigenvalue weighted by atomic mass is 10.1. The second-order valence-corrected chi connectivity index (χ2v) is 10.9. The van der Waals surface area contributed by atoms with E-state index in [2.05, 4.69) is 0 Å². The third kappa shape index (κ3) is 7.25. The fourth-order valence-electron chi connectivity index (χ4n) is 2.83. The minimum Gasteiger partial charge on any atom is -0.300 e. The van der Waals surface area contributed by atoms with Crippen LogP contribution in [0.4, 0.5) is 49.1 Å². The molecule has 0 N–H and O–H groups in total. The highest BCUT2D eigenvalue weighted by molar-refractivity contribution is 8.55. The molecule has 0 atom stereocenters. The van der Waals surface area contributed by atoms with Crippen LogP contribution in [0, 0.1) is 20.2 Å². The van der Waals surface area contributed by atoms with Gasteiger partial charge in [-0.25, -0.2) is 4.57 Å². The summed E-state index contributed by atoms with van der Waals surface area (Å²) in [5.41, 5.74) is -8.69. The average molecular weight is 598 g/mol. The molecule has 2 aromatic rings. The Kier molecular flexibility index (Phi) is 9.46. The zero-order chi connectivity index (χ0) is 28.3. The first-order valence-electron chi connectivity index (χ1n) is 9.74. The van der Waals surface area contributed by atoms with Crippen molar-refractivity contribution in [2.75, 3.05) is 17.5 Å². The van der Waals surface area contributed by atoms with Gasteiger partial charge in [0.2, 0.25) is 0 Å². The molecular formula is C18H15ClF6N3O7PS. The molecule has 0 aliphatic heterocycles. The molecule has 19 heteroatoms. The third-order valence-electron chi connectivity index (χ3n) is 4.24. The molecule has 10 nitrogen and oxygen atoms in total. The fraction of sp³-hybridized carbons (Fsp3) is 0.333. The number of hydrogen-bond acceptors (Lipinski definition) is 9. The maximum absolute atomic E-state index is 14.1. The van der Waals surface area contributed by atoms with Crippen molar-refractivity contribution in [2.45, 2.75) is 26.2 Å². The lowest BCUT2D eigenvalue weighted by Gasteiger charge is -2.29. The van der Waals surface area contributed by atoms with Gasteiger partial charge in [-0.3, -0.25) is 33.6 Å². The molecule has 0 radical (unpaired) electrons. The first kappa shape index (κ1) is 30.6. The smallest absolute Gasteiger partial charge is 0.300 e. The van der Waals surface area contributed by atoms with E-state index in [0.717, 1.165) is 0 Å². The zero-order valence-electron chi connectivity index (χ0n) is 18.5. The summed E-state index contributed by atoms with van der Waals surface area (Å²) in [6, 6.07) is 1.54. The van der Waals surface area contributed by atoms with Gasteiger partial charge >= 0.3 is 24.8 Å². The fourth-order valence-corrected chi connectivity index (χ4v) is 6.62. The topological polar surface area (TPSA) is 125 Å². The van der Waals surface area contributed by atoms with Crippen LogP contribution in [-0.4, -0.2) is 23.1 Å². The van der Waals surface area contributed by atoms with E-state index >= 15 is 0 Å². The SMILES string of the molecule is CCOP(=O)(OCC)SN(c1cc(C(F)(F)F)ccc1Cl)c1c([N+](=O)[O-])cc([N+](=O)[O-])cc1C(F)(F)F. The Labute approximate surface area is 213 Å². The van der Waals surface area contributed by atoms with E-state index in [9.17, 15) is 51.1 Å². The molecule has 0 saturated heterocycles. The van der Waals surface area contributed by atoms with E-state index in [-0.39, 0.29) is 47.3 Å². The van der Waals surface area contributed by atoms with Crippen molar-refractivity contribution in [3.05, 3.63) is 66.7 Å². The molecule has 0 aromatic heterocycles. The first-order chi connectivity index (χ1) is 16.9. The number of halogens is 7. The van der Waals surface area contributed by atoms with Crippen molar-refractivity contribution in [2.24, 2.45) is 0 Å².